The maximum atomic E-state index is 13.5. The second kappa shape index (κ2) is 6.34. The Morgan fingerprint density at radius 3 is 2.55 bits per heavy atom. The third-order valence-corrected chi connectivity index (χ3v) is 6.24. The minimum absolute atomic E-state index is 0.112. The number of amides is 1. The van der Waals surface area contributed by atoms with E-state index in [2.05, 4.69) is 10.6 Å². The first-order valence-corrected chi connectivity index (χ1v) is 9.09. The van der Waals surface area contributed by atoms with Crippen molar-refractivity contribution in [3.05, 3.63) is 35.1 Å². The molecule has 0 radical (unpaired) electrons. The van der Waals surface area contributed by atoms with Gasteiger partial charge in [0.2, 0.25) is 5.91 Å². The molecule has 122 valence electrons. The van der Waals surface area contributed by atoms with Crippen LogP contribution in [0, 0.1) is 12.7 Å². The lowest BCUT2D eigenvalue weighted by Gasteiger charge is -2.34. The van der Waals surface area contributed by atoms with E-state index in [4.69, 9.17) is 0 Å². The highest BCUT2D eigenvalue weighted by atomic mass is 32.2. The van der Waals surface area contributed by atoms with Gasteiger partial charge in [-0.2, -0.15) is 0 Å². The first-order valence-electron chi connectivity index (χ1n) is 7.20. The fourth-order valence-electron chi connectivity index (χ4n) is 2.69. The minimum Gasteiger partial charge on any atom is -0.351 e. The quantitative estimate of drug-likeness (QED) is 0.862. The van der Waals surface area contributed by atoms with Gasteiger partial charge in [0, 0.05) is 12.8 Å². The molecule has 1 aliphatic heterocycles. The number of piperidine rings is 1. The fourth-order valence-corrected chi connectivity index (χ4v) is 4.04. The average Bonchev–Trinajstić information content (AvgIpc) is 2.47. The molecule has 0 saturated carbocycles. The Kier molecular flexibility index (Phi) is 4.87. The number of benzene rings is 1. The molecule has 0 atom stereocenters. The SMILES string of the molecule is Cc1ccc(CNC(=O)C2(S(C)(=O)=O)CCNCC2)cc1F. The normalized spacial score (nSPS) is 18.0. The van der Waals surface area contributed by atoms with Gasteiger partial charge in [-0.05, 0) is 50.0 Å². The van der Waals surface area contributed by atoms with Crippen molar-refractivity contribution in [1.29, 1.82) is 0 Å². The van der Waals surface area contributed by atoms with Crippen LogP contribution in [0.2, 0.25) is 0 Å². The Balaban J connectivity index is 2.13. The Morgan fingerprint density at radius 2 is 2.00 bits per heavy atom. The van der Waals surface area contributed by atoms with Crippen LogP contribution in [-0.4, -0.2) is 38.4 Å². The maximum absolute atomic E-state index is 13.5. The average molecular weight is 328 g/mol. The summed E-state index contributed by atoms with van der Waals surface area (Å²) in [6, 6.07) is 4.70. The van der Waals surface area contributed by atoms with Crippen molar-refractivity contribution in [2.24, 2.45) is 0 Å². The summed E-state index contributed by atoms with van der Waals surface area (Å²) in [6.45, 7) is 2.74. The van der Waals surface area contributed by atoms with Crippen molar-refractivity contribution < 1.29 is 17.6 Å². The first-order chi connectivity index (χ1) is 10.3. The molecule has 1 aromatic carbocycles. The molecule has 1 aromatic rings. The summed E-state index contributed by atoms with van der Waals surface area (Å²) >= 11 is 0. The van der Waals surface area contributed by atoms with Crippen LogP contribution in [-0.2, 0) is 21.2 Å². The molecule has 0 unspecified atom stereocenters. The molecule has 0 spiro atoms. The lowest BCUT2D eigenvalue weighted by molar-refractivity contribution is -0.124. The Bertz CT molecular complexity index is 667. The number of hydrogen-bond acceptors (Lipinski definition) is 4. The van der Waals surface area contributed by atoms with Crippen molar-refractivity contribution in [3.63, 3.8) is 0 Å². The summed E-state index contributed by atoms with van der Waals surface area (Å²) in [5.41, 5.74) is 1.13. The summed E-state index contributed by atoms with van der Waals surface area (Å²) < 4.78 is 36.3. The predicted octanol–water partition coefficient (Wildman–Crippen LogP) is 0.917. The molecular weight excluding hydrogens is 307 g/mol. The van der Waals surface area contributed by atoms with Crippen LogP contribution in [0.3, 0.4) is 0 Å². The van der Waals surface area contributed by atoms with Crippen LogP contribution in [0.25, 0.3) is 0 Å². The third-order valence-electron chi connectivity index (χ3n) is 4.22. The number of carbonyl (C=O) groups is 1. The third kappa shape index (κ3) is 3.30. The van der Waals surface area contributed by atoms with Crippen LogP contribution in [0.5, 0.6) is 0 Å². The van der Waals surface area contributed by atoms with Crippen molar-refractivity contribution in [2.75, 3.05) is 19.3 Å². The highest BCUT2D eigenvalue weighted by Gasteiger charge is 2.48. The molecule has 1 amide bonds. The molecule has 0 bridgehead atoms. The molecule has 0 aliphatic carbocycles. The van der Waals surface area contributed by atoms with Crippen molar-refractivity contribution >= 4 is 15.7 Å². The van der Waals surface area contributed by atoms with Gasteiger partial charge >= 0.3 is 0 Å². The number of rotatable bonds is 4. The monoisotopic (exact) mass is 328 g/mol. The highest BCUT2D eigenvalue weighted by Crippen LogP contribution is 2.28. The van der Waals surface area contributed by atoms with Gasteiger partial charge in [-0.15, -0.1) is 0 Å². The zero-order valence-electron chi connectivity index (χ0n) is 12.8. The van der Waals surface area contributed by atoms with E-state index in [1.807, 2.05) is 0 Å². The van der Waals surface area contributed by atoms with E-state index < -0.39 is 20.5 Å². The number of nitrogens with one attached hydrogen (secondary N) is 2. The van der Waals surface area contributed by atoms with Gasteiger partial charge in [-0.3, -0.25) is 4.79 Å². The van der Waals surface area contributed by atoms with Crippen molar-refractivity contribution in [1.82, 2.24) is 10.6 Å². The van der Waals surface area contributed by atoms with Gasteiger partial charge < -0.3 is 10.6 Å². The maximum Gasteiger partial charge on any atom is 0.241 e. The van der Waals surface area contributed by atoms with Gasteiger partial charge in [-0.1, -0.05) is 12.1 Å². The van der Waals surface area contributed by atoms with Crippen LogP contribution < -0.4 is 10.6 Å². The van der Waals surface area contributed by atoms with Gasteiger partial charge in [0.25, 0.3) is 0 Å². The van der Waals surface area contributed by atoms with Crippen molar-refractivity contribution in [3.8, 4) is 0 Å². The smallest absolute Gasteiger partial charge is 0.241 e. The van der Waals surface area contributed by atoms with Crippen LogP contribution in [0.4, 0.5) is 4.39 Å². The van der Waals surface area contributed by atoms with Crippen molar-refractivity contribution in [2.45, 2.75) is 31.1 Å². The predicted molar refractivity (Wildman–Crippen MR) is 82.7 cm³/mol. The summed E-state index contributed by atoms with van der Waals surface area (Å²) in [5, 5.41) is 5.71. The molecule has 1 fully saturated rings. The van der Waals surface area contributed by atoms with Gasteiger partial charge in [0.15, 0.2) is 14.6 Å². The minimum atomic E-state index is -3.53. The molecule has 5 nitrogen and oxygen atoms in total. The van der Waals surface area contributed by atoms with Gasteiger partial charge in [0.1, 0.15) is 5.82 Å². The molecular formula is C15H21FN2O3S. The Hall–Kier alpha value is -1.47. The summed E-state index contributed by atoms with van der Waals surface area (Å²) in [5.74, 6) is -0.844. The second-order valence-corrected chi connectivity index (χ2v) is 8.11. The largest absolute Gasteiger partial charge is 0.351 e. The van der Waals surface area contributed by atoms with Crippen LogP contribution >= 0.6 is 0 Å². The standard InChI is InChI=1S/C15H21FN2O3S/c1-11-3-4-12(9-13(11)16)10-18-14(19)15(22(2,20)21)5-7-17-8-6-15/h3-4,9,17H,5-8,10H2,1-2H3,(H,18,19). The molecule has 7 heteroatoms. The summed E-state index contributed by atoms with van der Waals surface area (Å²) in [4.78, 5) is 12.5. The summed E-state index contributed by atoms with van der Waals surface area (Å²) in [7, 11) is -3.53. The number of carbonyl (C=O) groups excluding carboxylic acids is 1. The zero-order chi connectivity index (χ0) is 16.4. The molecule has 22 heavy (non-hydrogen) atoms. The number of sulfone groups is 1. The lowest BCUT2D eigenvalue weighted by Crippen LogP contribution is -2.57. The molecule has 0 aromatic heterocycles. The second-order valence-electron chi connectivity index (χ2n) is 5.78. The highest BCUT2D eigenvalue weighted by molar-refractivity contribution is 7.92. The summed E-state index contributed by atoms with van der Waals surface area (Å²) in [6.07, 6.45) is 1.60. The number of halogens is 1. The van der Waals surface area contributed by atoms with Crippen LogP contribution in [0.15, 0.2) is 18.2 Å². The topological polar surface area (TPSA) is 75.3 Å². The number of aryl methyl sites for hydroxylation is 1. The molecule has 1 heterocycles. The van der Waals surface area contributed by atoms with E-state index in [0.29, 0.717) is 24.2 Å². The van der Waals surface area contributed by atoms with Gasteiger partial charge in [-0.25, -0.2) is 12.8 Å². The van der Waals surface area contributed by atoms with E-state index in [0.717, 1.165) is 6.26 Å². The molecule has 1 saturated heterocycles. The molecule has 2 rings (SSSR count). The molecule has 2 N–H and O–H groups in total. The number of hydrogen-bond donors (Lipinski definition) is 2. The first kappa shape index (κ1) is 16.9. The Labute approximate surface area is 130 Å². The lowest BCUT2D eigenvalue weighted by atomic mass is 9.95. The van der Waals surface area contributed by atoms with E-state index >= 15 is 0 Å². The van der Waals surface area contributed by atoms with Gasteiger partial charge in [0.05, 0.1) is 0 Å². The van der Waals surface area contributed by atoms with E-state index in [1.54, 1.807) is 19.1 Å². The Morgan fingerprint density at radius 1 is 1.36 bits per heavy atom. The van der Waals surface area contributed by atoms with E-state index in [-0.39, 0.29) is 25.2 Å². The molecule has 1 aliphatic rings. The van der Waals surface area contributed by atoms with E-state index in [9.17, 15) is 17.6 Å². The van der Waals surface area contributed by atoms with E-state index in [1.165, 1.54) is 6.07 Å². The zero-order valence-corrected chi connectivity index (χ0v) is 13.6. The van der Waals surface area contributed by atoms with Crippen LogP contribution in [0.1, 0.15) is 24.0 Å². The fraction of sp³-hybridized carbons (Fsp3) is 0.533.